The maximum absolute atomic E-state index is 12.8. The van der Waals surface area contributed by atoms with E-state index in [1.54, 1.807) is 42.0 Å². The third-order valence-corrected chi connectivity index (χ3v) is 5.33. The number of hydrogen-bond donors (Lipinski definition) is 1. The van der Waals surface area contributed by atoms with Crippen molar-refractivity contribution in [2.75, 3.05) is 38.1 Å². The van der Waals surface area contributed by atoms with Crippen LogP contribution in [-0.2, 0) is 4.74 Å². The predicted molar refractivity (Wildman–Crippen MR) is 104 cm³/mol. The van der Waals surface area contributed by atoms with E-state index in [-0.39, 0.29) is 12.0 Å². The van der Waals surface area contributed by atoms with Gasteiger partial charge in [-0.3, -0.25) is 4.79 Å². The largest absolute Gasteiger partial charge is 0.450 e. The molecule has 3 rings (SSSR count). The summed E-state index contributed by atoms with van der Waals surface area (Å²) in [6.07, 6.45) is 1.21. The highest BCUT2D eigenvalue weighted by Gasteiger charge is 2.27. The summed E-state index contributed by atoms with van der Waals surface area (Å²) in [4.78, 5) is 37.1. The average Bonchev–Trinajstić information content (AvgIpc) is 3.03. The monoisotopic (exact) mass is 409 g/mol. The van der Waals surface area contributed by atoms with Crippen LogP contribution in [0.3, 0.4) is 0 Å². The Hall–Kier alpha value is -2.39. The van der Waals surface area contributed by atoms with Crippen LogP contribution < -0.4 is 5.32 Å². The Bertz CT molecular complexity index is 818. The molecule has 2 aromatic rings. The summed E-state index contributed by atoms with van der Waals surface area (Å²) in [7, 11) is 0. The molecule has 8 nitrogen and oxygen atoms in total. The lowest BCUT2D eigenvalue weighted by Gasteiger charge is -2.33. The first kappa shape index (κ1) is 19.4. The van der Waals surface area contributed by atoms with Gasteiger partial charge in [-0.1, -0.05) is 22.9 Å². The number of pyridine rings is 1. The molecule has 0 unspecified atom stereocenters. The van der Waals surface area contributed by atoms with Crippen LogP contribution in [0.2, 0.25) is 5.02 Å². The Kier molecular flexibility index (Phi) is 6.12. The second-order valence-electron chi connectivity index (χ2n) is 5.90. The standard InChI is InChI=1S/C17H20ClN5O3S/c1-3-26-17(25)23-8-6-22(7-9-23)15(24)14-11(2)20-16(27-14)21-13-5-4-12(18)10-19-13/h4-5,10H,3,6-9H2,1-2H3,(H,19,20,21). The fourth-order valence-corrected chi connectivity index (χ4v) is 3.71. The van der Waals surface area contributed by atoms with Gasteiger partial charge in [0, 0.05) is 32.4 Å². The van der Waals surface area contributed by atoms with Crippen molar-refractivity contribution in [1.29, 1.82) is 0 Å². The Labute approximate surface area is 166 Å². The van der Waals surface area contributed by atoms with Crippen molar-refractivity contribution in [3.63, 3.8) is 0 Å². The lowest BCUT2D eigenvalue weighted by Crippen LogP contribution is -2.50. The molecular weight excluding hydrogens is 390 g/mol. The topological polar surface area (TPSA) is 87.7 Å². The number of halogens is 1. The molecule has 1 aliphatic heterocycles. The molecule has 1 fully saturated rings. The molecule has 1 saturated heterocycles. The van der Waals surface area contributed by atoms with Crippen molar-refractivity contribution in [3.8, 4) is 0 Å². The molecular formula is C17H20ClN5O3S. The lowest BCUT2D eigenvalue weighted by molar-refractivity contribution is 0.0573. The molecule has 144 valence electrons. The van der Waals surface area contributed by atoms with E-state index >= 15 is 0 Å². The van der Waals surface area contributed by atoms with Crippen LogP contribution in [0.15, 0.2) is 18.3 Å². The summed E-state index contributed by atoms with van der Waals surface area (Å²) in [5.41, 5.74) is 0.661. The number of carbonyl (C=O) groups excluding carboxylic acids is 2. The molecule has 0 aliphatic carbocycles. The Balaban J connectivity index is 1.63. The van der Waals surface area contributed by atoms with Gasteiger partial charge in [0.05, 0.1) is 17.3 Å². The van der Waals surface area contributed by atoms with Crippen LogP contribution in [0.5, 0.6) is 0 Å². The van der Waals surface area contributed by atoms with Gasteiger partial charge in [-0.25, -0.2) is 14.8 Å². The number of amides is 2. The smallest absolute Gasteiger partial charge is 0.409 e. The van der Waals surface area contributed by atoms with Crippen molar-refractivity contribution in [1.82, 2.24) is 19.8 Å². The summed E-state index contributed by atoms with van der Waals surface area (Å²) in [5.74, 6) is 0.529. The van der Waals surface area contributed by atoms with Gasteiger partial charge >= 0.3 is 6.09 Å². The Morgan fingerprint density at radius 2 is 1.96 bits per heavy atom. The number of aromatic nitrogens is 2. The van der Waals surface area contributed by atoms with Gasteiger partial charge in [0.25, 0.3) is 5.91 Å². The van der Waals surface area contributed by atoms with E-state index in [1.165, 1.54) is 11.3 Å². The van der Waals surface area contributed by atoms with Crippen LogP contribution in [0, 0.1) is 6.92 Å². The van der Waals surface area contributed by atoms with Crippen molar-refractivity contribution in [2.45, 2.75) is 13.8 Å². The number of ether oxygens (including phenoxy) is 1. The Morgan fingerprint density at radius 3 is 2.59 bits per heavy atom. The number of aryl methyl sites for hydroxylation is 1. The molecule has 0 aromatic carbocycles. The predicted octanol–water partition coefficient (Wildman–Crippen LogP) is 3.16. The number of nitrogens with zero attached hydrogens (tertiary/aromatic N) is 4. The number of carbonyl (C=O) groups is 2. The summed E-state index contributed by atoms with van der Waals surface area (Å²) >= 11 is 7.12. The third kappa shape index (κ3) is 4.67. The van der Waals surface area contributed by atoms with Crippen LogP contribution in [0.25, 0.3) is 0 Å². The average molecular weight is 410 g/mol. The van der Waals surface area contributed by atoms with E-state index in [1.807, 2.05) is 0 Å². The zero-order valence-electron chi connectivity index (χ0n) is 15.1. The number of nitrogens with one attached hydrogen (secondary N) is 1. The van der Waals surface area contributed by atoms with Gasteiger partial charge in [-0.05, 0) is 26.0 Å². The number of thiazole rings is 1. The third-order valence-electron chi connectivity index (χ3n) is 4.05. The normalized spacial score (nSPS) is 14.2. The summed E-state index contributed by atoms with van der Waals surface area (Å²) in [6, 6.07) is 3.47. The Morgan fingerprint density at radius 1 is 1.26 bits per heavy atom. The van der Waals surface area contributed by atoms with E-state index in [2.05, 4.69) is 15.3 Å². The molecule has 27 heavy (non-hydrogen) atoms. The molecule has 0 bridgehead atoms. The molecule has 10 heteroatoms. The quantitative estimate of drug-likeness (QED) is 0.834. The molecule has 1 N–H and O–H groups in total. The maximum atomic E-state index is 12.8. The van der Waals surface area contributed by atoms with E-state index in [0.717, 1.165) is 0 Å². The fourth-order valence-electron chi connectivity index (χ4n) is 2.66. The van der Waals surface area contributed by atoms with Crippen LogP contribution >= 0.6 is 22.9 Å². The highest BCUT2D eigenvalue weighted by Crippen LogP contribution is 2.27. The minimum Gasteiger partial charge on any atom is -0.450 e. The van der Waals surface area contributed by atoms with Gasteiger partial charge in [0.1, 0.15) is 10.7 Å². The second kappa shape index (κ2) is 8.53. The zero-order valence-corrected chi connectivity index (χ0v) is 16.6. The van der Waals surface area contributed by atoms with E-state index in [9.17, 15) is 9.59 Å². The molecule has 3 heterocycles. The minimum absolute atomic E-state index is 0.0781. The van der Waals surface area contributed by atoms with E-state index < -0.39 is 0 Å². The van der Waals surface area contributed by atoms with E-state index in [4.69, 9.17) is 16.3 Å². The van der Waals surface area contributed by atoms with Crippen LogP contribution in [0.4, 0.5) is 15.7 Å². The lowest BCUT2D eigenvalue weighted by atomic mass is 10.3. The molecule has 0 radical (unpaired) electrons. The maximum Gasteiger partial charge on any atom is 0.409 e. The number of rotatable bonds is 4. The van der Waals surface area contributed by atoms with Crippen LogP contribution in [0.1, 0.15) is 22.3 Å². The van der Waals surface area contributed by atoms with Gasteiger partial charge in [0.15, 0.2) is 5.13 Å². The first-order valence-corrected chi connectivity index (χ1v) is 9.74. The summed E-state index contributed by atoms with van der Waals surface area (Å²) < 4.78 is 5.00. The van der Waals surface area contributed by atoms with Crippen molar-refractivity contribution >= 4 is 45.9 Å². The summed E-state index contributed by atoms with van der Waals surface area (Å²) in [5, 5.41) is 4.23. The highest BCUT2D eigenvalue weighted by atomic mass is 35.5. The molecule has 0 spiro atoms. The van der Waals surface area contributed by atoms with Gasteiger partial charge in [0.2, 0.25) is 0 Å². The molecule has 1 aliphatic rings. The number of piperazine rings is 1. The summed E-state index contributed by atoms with van der Waals surface area (Å²) in [6.45, 7) is 5.78. The number of hydrogen-bond acceptors (Lipinski definition) is 7. The van der Waals surface area contributed by atoms with Gasteiger partial charge < -0.3 is 19.9 Å². The van der Waals surface area contributed by atoms with E-state index in [0.29, 0.717) is 59.3 Å². The zero-order chi connectivity index (χ0) is 19.4. The molecule has 2 aromatic heterocycles. The van der Waals surface area contributed by atoms with Crippen molar-refractivity contribution in [3.05, 3.63) is 33.9 Å². The molecule has 0 atom stereocenters. The minimum atomic E-state index is -0.333. The first-order chi connectivity index (χ1) is 13.0. The number of anilines is 2. The highest BCUT2D eigenvalue weighted by molar-refractivity contribution is 7.17. The van der Waals surface area contributed by atoms with Crippen molar-refractivity contribution in [2.24, 2.45) is 0 Å². The molecule has 2 amide bonds. The van der Waals surface area contributed by atoms with Gasteiger partial charge in [-0.15, -0.1) is 0 Å². The van der Waals surface area contributed by atoms with Crippen molar-refractivity contribution < 1.29 is 14.3 Å². The second-order valence-corrected chi connectivity index (χ2v) is 7.33. The molecule has 0 saturated carbocycles. The fraction of sp³-hybridized carbons (Fsp3) is 0.412. The first-order valence-electron chi connectivity index (χ1n) is 8.55. The van der Waals surface area contributed by atoms with Crippen LogP contribution in [-0.4, -0.2) is 64.6 Å². The SMILES string of the molecule is CCOC(=O)N1CCN(C(=O)c2sc(Nc3ccc(Cl)cn3)nc2C)CC1. The van der Waals surface area contributed by atoms with Gasteiger partial charge in [-0.2, -0.15) is 0 Å².